The molecule has 7 nitrogen and oxygen atoms in total. The first-order valence-electron chi connectivity index (χ1n) is 25.6. The molecule has 0 atom stereocenters. The second kappa shape index (κ2) is 29.7. The van der Waals surface area contributed by atoms with E-state index in [2.05, 4.69) is 119 Å². The van der Waals surface area contributed by atoms with Crippen LogP contribution in [-0.4, -0.2) is 151 Å². The van der Waals surface area contributed by atoms with Gasteiger partial charge in [-0.3, -0.25) is 0 Å². The van der Waals surface area contributed by atoms with Gasteiger partial charge in [0.1, 0.15) is 0 Å². The Balaban J connectivity index is 9.20. The van der Waals surface area contributed by atoms with Crippen molar-refractivity contribution < 1.29 is 17.5 Å². The molecule has 11 heteroatoms. The van der Waals surface area contributed by atoms with Crippen LogP contribution in [0.2, 0.25) is 0 Å². The fourth-order valence-electron chi connectivity index (χ4n) is 9.78. The summed E-state index contributed by atoms with van der Waals surface area (Å²) in [5, 5.41) is 0. The van der Waals surface area contributed by atoms with Gasteiger partial charge in [0.25, 0.3) is 0 Å². The average Bonchev–Trinajstić information content (AvgIpc) is 3.21. The molecular weight excluding hydrogens is 806 g/mol. The standard InChI is InChI=1S/C48H111N3O4P4/c1-16-25-37-57(38-26-17-2,39-27-18-3,46-34-49(10)11)53-56(52,54-58(40-28-19-4,41-29-20-5,42-30-21-6)47-35-50(12)13)55-59(43-31-22-7,44-32-23-8,45-33-24-9)48-36-51(14)15/h16-48H2,1-15H3. The Morgan fingerprint density at radius 3 is 0.576 bits per heavy atom. The molecule has 0 aliphatic carbocycles. The number of phosphoric acid groups is 1. The van der Waals surface area contributed by atoms with Gasteiger partial charge in [0.15, 0.2) is 0 Å². The van der Waals surface area contributed by atoms with Gasteiger partial charge in [-0.05, 0) is 0 Å². The van der Waals surface area contributed by atoms with Crippen molar-refractivity contribution in [3.05, 3.63) is 0 Å². The molecule has 0 bridgehead atoms. The molecule has 0 spiro atoms. The summed E-state index contributed by atoms with van der Waals surface area (Å²) in [5.41, 5.74) is 0. The molecule has 0 radical (unpaired) electrons. The Morgan fingerprint density at radius 1 is 0.305 bits per heavy atom. The zero-order valence-electron chi connectivity index (χ0n) is 43.1. The molecule has 0 aromatic heterocycles. The second-order valence-electron chi connectivity index (χ2n) is 20.5. The van der Waals surface area contributed by atoms with Gasteiger partial charge < -0.3 is 0 Å². The van der Waals surface area contributed by atoms with Gasteiger partial charge in [-0.1, -0.05) is 0 Å². The summed E-state index contributed by atoms with van der Waals surface area (Å²) in [7, 11) is 9.13. The summed E-state index contributed by atoms with van der Waals surface area (Å²) in [6.45, 7) is 14.3. The first-order chi connectivity index (χ1) is 27.9. The van der Waals surface area contributed by atoms with E-state index >= 15 is 4.57 Å². The van der Waals surface area contributed by atoms with Crippen LogP contribution in [0, 0.1) is 0 Å². The Morgan fingerprint density at radius 2 is 0.458 bits per heavy atom. The minimum atomic E-state index is -4.20. The first kappa shape index (κ1) is 60.3. The zero-order chi connectivity index (χ0) is 45.0. The van der Waals surface area contributed by atoms with E-state index in [-0.39, 0.29) is 0 Å². The van der Waals surface area contributed by atoms with Crippen LogP contribution in [0.4, 0.5) is 0 Å². The second-order valence-corrected chi connectivity index (χ2v) is 39.9. The fraction of sp³-hybridized carbons (Fsp3) is 1.00. The SMILES string of the molecule is CCCCP(CCCC)(CCCC)(CCN(C)C)OP(=O)(OP(CCCC)(CCCC)(CCCC)CCN(C)C)OP(CCCC)(CCCC)(CCCC)CCN(C)C. The molecule has 0 amide bonds. The van der Waals surface area contributed by atoms with E-state index < -0.39 is 28.3 Å². The Labute approximate surface area is 372 Å². The molecule has 59 heavy (non-hydrogen) atoms. The van der Waals surface area contributed by atoms with Gasteiger partial charge in [0.05, 0.1) is 0 Å². The number of hydrogen-bond acceptors (Lipinski definition) is 7. The fourth-order valence-corrected chi connectivity index (χ4v) is 38.4. The summed E-state index contributed by atoms with van der Waals surface area (Å²) in [6, 6.07) is 0. The van der Waals surface area contributed by atoms with Gasteiger partial charge in [0.2, 0.25) is 0 Å². The molecular formula is C48H111N3O4P4. The van der Waals surface area contributed by atoms with E-state index in [0.717, 1.165) is 209 Å². The quantitative estimate of drug-likeness (QED) is 0.0566. The van der Waals surface area contributed by atoms with Crippen LogP contribution in [-0.2, 0) is 17.5 Å². The molecule has 0 saturated heterocycles. The Kier molecular flexibility index (Phi) is 30.4. The van der Waals surface area contributed by atoms with E-state index in [9.17, 15) is 0 Å². The molecule has 0 saturated carbocycles. The van der Waals surface area contributed by atoms with E-state index in [4.69, 9.17) is 12.9 Å². The summed E-state index contributed by atoms with van der Waals surface area (Å²) in [4.78, 5) is 7.09. The monoisotopic (exact) mass is 918 g/mol. The normalized spacial score (nSPS) is 16.2. The van der Waals surface area contributed by atoms with E-state index in [1.807, 2.05) is 0 Å². The zero-order valence-corrected chi connectivity index (χ0v) is 46.7. The number of nitrogens with zero attached hydrogens (tertiary/aromatic N) is 3. The molecule has 0 aliphatic heterocycles. The van der Waals surface area contributed by atoms with Crippen molar-refractivity contribution in [3.63, 3.8) is 0 Å². The van der Waals surface area contributed by atoms with Crippen molar-refractivity contribution in [2.24, 2.45) is 0 Å². The van der Waals surface area contributed by atoms with Gasteiger partial charge >= 0.3 is 374 Å². The molecule has 0 aromatic carbocycles. The summed E-state index contributed by atoms with van der Waals surface area (Å²) < 4.78 is 43.0. The van der Waals surface area contributed by atoms with Crippen molar-refractivity contribution in [1.29, 1.82) is 0 Å². The average molecular weight is 918 g/mol. The van der Waals surface area contributed by atoms with Gasteiger partial charge in [-0.15, -0.1) is 0 Å². The van der Waals surface area contributed by atoms with Crippen molar-refractivity contribution in [3.8, 4) is 0 Å². The number of hydrogen-bond donors (Lipinski definition) is 0. The summed E-state index contributed by atoms with van der Waals surface area (Å²) in [5.74, 6) is 0. The number of unbranched alkanes of at least 4 members (excludes halogenated alkanes) is 9. The molecule has 362 valence electrons. The van der Waals surface area contributed by atoms with Crippen molar-refractivity contribution in [2.75, 3.05) is 136 Å². The van der Waals surface area contributed by atoms with Crippen LogP contribution < -0.4 is 0 Å². The Hall–Kier alpha value is 1.28. The van der Waals surface area contributed by atoms with E-state index in [1.54, 1.807) is 0 Å². The topological polar surface area (TPSA) is 54.5 Å². The third-order valence-corrected chi connectivity index (χ3v) is 39.0. The molecule has 0 rings (SSSR count). The molecule has 0 aromatic rings. The molecule has 0 N–H and O–H groups in total. The van der Waals surface area contributed by atoms with Gasteiger partial charge in [-0.2, -0.15) is 0 Å². The maximum atomic E-state index is 17.9. The van der Waals surface area contributed by atoms with Crippen LogP contribution in [0.15, 0.2) is 0 Å². The third kappa shape index (κ3) is 20.6. The van der Waals surface area contributed by atoms with Crippen molar-refractivity contribution >= 4 is 28.3 Å². The van der Waals surface area contributed by atoms with Crippen LogP contribution >= 0.6 is 28.3 Å². The van der Waals surface area contributed by atoms with E-state index in [0.29, 0.717) is 0 Å². The molecule has 0 heterocycles. The molecule has 0 fully saturated rings. The predicted molar refractivity (Wildman–Crippen MR) is 280 cm³/mol. The predicted octanol–water partition coefficient (Wildman–Crippen LogP) is 15.4. The molecule has 0 unspecified atom stereocenters. The Bertz CT molecular complexity index is 917. The third-order valence-electron chi connectivity index (χ3n) is 14.0. The van der Waals surface area contributed by atoms with Crippen LogP contribution in [0.25, 0.3) is 0 Å². The molecule has 0 aliphatic rings. The summed E-state index contributed by atoms with van der Waals surface area (Å²) in [6.07, 6.45) is 32.3. The van der Waals surface area contributed by atoms with Crippen LogP contribution in [0.1, 0.15) is 178 Å². The van der Waals surface area contributed by atoms with Gasteiger partial charge in [-0.25, -0.2) is 0 Å². The van der Waals surface area contributed by atoms with Crippen LogP contribution in [0.5, 0.6) is 0 Å². The first-order valence-corrected chi connectivity index (χ1v) is 35.7. The summed E-state index contributed by atoms with van der Waals surface area (Å²) >= 11 is 0. The number of rotatable bonds is 42. The minimum absolute atomic E-state index is 0.951. The van der Waals surface area contributed by atoms with Crippen LogP contribution in [0.3, 0.4) is 0 Å². The van der Waals surface area contributed by atoms with E-state index in [1.165, 1.54) is 0 Å². The van der Waals surface area contributed by atoms with Gasteiger partial charge in [0, 0.05) is 0 Å². The van der Waals surface area contributed by atoms with Crippen molar-refractivity contribution in [2.45, 2.75) is 178 Å². The maximum absolute atomic E-state index is 17.9. The van der Waals surface area contributed by atoms with Crippen molar-refractivity contribution in [1.82, 2.24) is 14.7 Å².